The Labute approximate surface area is 289 Å². The molecule has 4 aromatic carbocycles. The quantitative estimate of drug-likeness (QED) is 0.147. The monoisotopic (exact) mass is 695 g/mol. The molecule has 0 bridgehead atoms. The molecule has 258 valence electrons. The normalized spacial score (nSPS) is 19.2. The predicted octanol–water partition coefficient (Wildman–Crippen LogP) is 3.72. The molecule has 0 spiro atoms. The third-order valence-electron chi connectivity index (χ3n) is 8.89. The number of nitrogens with zero attached hydrogens (tertiary/aromatic N) is 1. The number of ether oxygens (including phenoxy) is 3. The first kappa shape index (κ1) is 34.7. The molecule has 0 unspecified atom stereocenters. The number of aromatic amines is 1. The first-order valence-electron chi connectivity index (χ1n) is 16.0. The predicted molar refractivity (Wildman–Crippen MR) is 186 cm³/mol. The highest BCUT2D eigenvalue weighted by molar-refractivity contribution is 7.92. The maximum atomic E-state index is 14.7. The fraction of sp³-hybridized carbons (Fsp3) is 0.237. The van der Waals surface area contributed by atoms with E-state index in [1.807, 2.05) is 97.9 Å². The number of hydrogen-bond acceptors (Lipinski definition) is 9. The van der Waals surface area contributed by atoms with Crippen molar-refractivity contribution in [1.82, 2.24) is 14.9 Å². The summed E-state index contributed by atoms with van der Waals surface area (Å²) in [4.78, 5) is 39.8. The van der Waals surface area contributed by atoms with E-state index in [0.29, 0.717) is 0 Å². The highest BCUT2D eigenvalue weighted by Gasteiger charge is 2.54. The number of esters is 1. The van der Waals surface area contributed by atoms with Crippen molar-refractivity contribution in [2.24, 2.45) is 0 Å². The van der Waals surface area contributed by atoms with Gasteiger partial charge in [0.2, 0.25) is 0 Å². The second-order valence-electron chi connectivity index (χ2n) is 12.0. The van der Waals surface area contributed by atoms with Gasteiger partial charge in [-0.1, -0.05) is 109 Å². The van der Waals surface area contributed by atoms with Crippen LogP contribution in [0.15, 0.2) is 142 Å². The molecule has 6 rings (SSSR count). The van der Waals surface area contributed by atoms with Crippen LogP contribution in [-0.2, 0) is 34.4 Å². The topological polar surface area (TPSA) is 146 Å². The van der Waals surface area contributed by atoms with E-state index in [0.717, 1.165) is 32.9 Å². The summed E-state index contributed by atoms with van der Waals surface area (Å²) in [6.07, 6.45) is -1.22. The zero-order valence-corrected chi connectivity index (χ0v) is 28.3. The molecule has 5 aromatic rings. The van der Waals surface area contributed by atoms with Gasteiger partial charge in [0.15, 0.2) is 16.1 Å². The molecule has 11 nitrogen and oxygen atoms in total. The number of nitrogens with one attached hydrogen (secondary N) is 2. The van der Waals surface area contributed by atoms with Crippen molar-refractivity contribution in [3.63, 3.8) is 0 Å². The zero-order valence-electron chi connectivity index (χ0n) is 27.5. The smallest absolute Gasteiger partial charge is 0.330 e. The lowest BCUT2D eigenvalue weighted by Crippen LogP contribution is -2.51. The number of carbonyl (C=O) groups excluding carboxylic acids is 1. The van der Waals surface area contributed by atoms with Crippen LogP contribution in [0.3, 0.4) is 0 Å². The lowest BCUT2D eigenvalue weighted by atomic mass is 9.80. The molecular weight excluding hydrogens is 658 g/mol. The van der Waals surface area contributed by atoms with E-state index in [1.54, 1.807) is 12.1 Å². The molecule has 1 aromatic heterocycles. The second kappa shape index (κ2) is 14.8. The van der Waals surface area contributed by atoms with Gasteiger partial charge in [-0.2, -0.15) is 0 Å². The van der Waals surface area contributed by atoms with Gasteiger partial charge in [0.05, 0.1) is 31.2 Å². The van der Waals surface area contributed by atoms with Gasteiger partial charge in [0, 0.05) is 12.3 Å². The Hall–Kier alpha value is -5.14. The summed E-state index contributed by atoms with van der Waals surface area (Å²) in [5.74, 6) is -0.653. The molecule has 0 radical (unpaired) electrons. The van der Waals surface area contributed by atoms with Gasteiger partial charge in [-0.05, 0) is 35.7 Å². The molecule has 0 aliphatic carbocycles. The highest BCUT2D eigenvalue weighted by Crippen LogP contribution is 2.43. The average molecular weight is 696 g/mol. The zero-order chi connectivity index (χ0) is 35.3. The van der Waals surface area contributed by atoms with Crippen molar-refractivity contribution in [3.8, 4) is 0 Å². The van der Waals surface area contributed by atoms with E-state index >= 15 is 0 Å². The van der Waals surface area contributed by atoms with Crippen molar-refractivity contribution < 1.29 is 27.4 Å². The van der Waals surface area contributed by atoms with Gasteiger partial charge in [-0.15, -0.1) is 0 Å². The largest absolute Gasteiger partial charge is 0.468 e. The van der Waals surface area contributed by atoms with Crippen LogP contribution in [0.25, 0.3) is 0 Å². The number of hydrogen-bond donors (Lipinski definition) is 2. The number of aryl methyl sites for hydroxylation is 1. The van der Waals surface area contributed by atoms with Crippen LogP contribution in [0.5, 0.6) is 0 Å². The Kier molecular flexibility index (Phi) is 10.3. The fourth-order valence-electron chi connectivity index (χ4n) is 6.48. The number of aromatic nitrogens is 2. The first-order chi connectivity index (χ1) is 24.1. The van der Waals surface area contributed by atoms with E-state index in [9.17, 15) is 22.8 Å². The third kappa shape index (κ3) is 6.83. The Morgan fingerprint density at radius 2 is 1.38 bits per heavy atom. The maximum absolute atomic E-state index is 14.7. The average Bonchev–Trinajstić information content (AvgIpc) is 3.51. The molecule has 2 N–H and O–H groups in total. The van der Waals surface area contributed by atoms with Gasteiger partial charge in [-0.25, -0.2) is 13.2 Å². The maximum Gasteiger partial charge on any atom is 0.330 e. The SMILES string of the molecule is COC(=O)CN[C@@H]1[C@@H](S(=O)(=O)c2ccc(C)cc2)[C@@H](COC(c2ccccc2)(c2ccccc2)c2ccccc2)O[C@H]1n1ccc(=O)[nH]c1=O. The number of sulfone groups is 1. The molecule has 1 saturated heterocycles. The van der Waals surface area contributed by atoms with Crippen molar-refractivity contribution in [2.45, 2.75) is 41.0 Å². The van der Waals surface area contributed by atoms with Gasteiger partial charge in [0.1, 0.15) is 17.0 Å². The fourth-order valence-corrected chi connectivity index (χ4v) is 8.47. The minimum absolute atomic E-state index is 0.0291. The first-order valence-corrected chi connectivity index (χ1v) is 17.6. The van der Waals surface area contributed by atoms with Crippen LogP contribution in [-0.4, -0.2) is 61.6 Å². The molecule has 12 heteroatoms. The van der Waals surface area contributed by atoms with E-state index in [-0.39, 0.29) is 18.0 Å². The van der Waals surface area contributed by atoms with Crippen molar-refractivity contribution in [1.29, 1.82) is 0 Å². The molecule has 1 aliphatic heterocycles. The minimum Gasteiger partial charge on any atom is -0.468 e. The van der Waals surface area contributed by atoms with Crippen molar-refractivity contribution in [2.75, 3.05) is 20.3 Å². The molecule has 4 atom stereocenters. The van der Waals surface area contributed by atoms with Gasteiger partial charge < -0.3 is 14.2 Å². The van der Waals surface area contributed by atoms with Crippen molar-refractivity contribution in [3.05, 3.63) is 171 Å². The van der Waals surface area contributed by atoms with Crippen molar-refractivity contribution >= 4 is 15.8 Å². The Bertz CT molecular complexity index is 2040. The van der Waals surface area contributed by atoms with E-state index in [1.165, 1.54) is 25.4 Å². The van der Waals surface area contributed by atoms with Crippen LogP contribution in [0.2, 0.25) is 0 Å². The molecule has 2 heterocycles. The van der Waals surface area contributed by atoms with Crippen LogP contribution in [0, 0.1) is 6.92 Å². The lowest BCUT2D eigenvalue weighted by Gasteiger charge is -2.37. The summed E-state index contributed by atoms with van der Waals surface area (Å²) in [7, 11) is -3.02. The molecule has 1 fully saturated rings. The van der Waals surface area contributed by atoms with Crippen LogP contribution < -0.4 is 16.6 Å². The third-order valence-corrected chi connectivity index (χ3v) is 11.1. The van der Waals surface area contributed by atoms with Crippen LogP contribution in [0.1, 0.15) is 28.5 Å². The number of benzene rings is 4. The second-order valence-corrected chi connectivity index (χ2v) is 14.1. The van der Waals surface area contributed by atoms with Gasteiger partial charge in [-0.3, -0.25) is 24.5 Å². The summed E-state index contributed by atoms with van der Waals surface area (Å²) in [6, 6.07) is 35.2. The summed E-state index contributed by atoms with van der Waals surface area (Å²) in [6.45, 7) is 1.20. The minimum atomic E-state index is -4.24. The molecule has 50 heavy (non-hydrogen) atoms. The standard InChI is InChI=1S/C38H37N3O8S/c1-26-18-20-30(21-19-26)50(45,46)35-31(49-36(34(35)39-24-33(43)47-2)41-23-22-32(42)40-37(41)44)25-48-38(27-12-6-3-7-13-27,28-14-8-4-9-15-28)29-16-10-5-11-17-29/h3-23,31,34-36,39H,24-25H2,1-2H3,(H,40,42,44)/t31-,34-,35+,36-/m1/s1. The number of rotatable bonds is 12. The van der Waals surface area contributed by atoms with Gasteiger partial charge >= 0.3 is 11.7 Å². The highest BCUT2D eigenvalue weighted by atomic mass is 32.2. The van der Waals surface area contributed by atoms with E-state index in [4.69, 9.17) is 14.2 Å². The Morgan fingerprint density at radius 3 is 1.88 bits per heavy atom. The Morgan fingerprint density at radius 1 is 0.840 bits per heavy atom. The summed E-state index contributed by atoms with van der Waals surface area (Å²) >= 11 is 0. The summed E-state index contributed by atoms with van der Waals surface area (Å²) < 4.78 is 48.9. The Balaban J connectivity index is 1.51. The molecule has 0 amide bonds. The van der Waals surface area contributed by atoms with E-state index < -0.39 is 56.3 Å². The molecule has 1 aliphatic rings. The van der Waals surface area contributed by atoms with Crippen LogP contribution in [0.4, 0.5) is 0 Å². The summed E-state index contributed by atoms with van der Waals surface area (Å²) in [5, 5.41) is 1.62. The number of H-pyrrole nitrogens is 1. The van der Waals surface area contributed by atoms with E-state index in [2.05, 4.69) is 10.3 Å². The van der Waals surface area contributed by atoms with Gasteiger partial charge in [0.25, 0.3) is 5.56 Å². The number of carbonyl (C=O) groups is 1. The summed E-state index contributed by atoms with van der Waals surface area (Å²) in [5.41, 5.74) is 0.583. The van der Waals surface area contributed by atoms with Crippen LogP contribution >= 0.6 is 0 Å². The lowest BCUT2D eigenvalue weighted by molar-refractivity contribution is -0.139. The number of methoxy groups -OCH3 is 1. The molecular formula is C38H37N3O8S. The molecule has 0 saturated carbocycles.